The number of halogens is 3. The molecule has 2 aromatic rings. The van der Waals surface area contributed by atoms with Crippen molar-refractivity contribution < 1.29 is 13.6 Å². The second-order valence-electron chi connectivity index (χ2n) is 4.57. The van der Waals surface area contributed by atoms with Crippen molar-refractivity contribution in [2.24, 2.45) is 0 Å². The van der Waals surface area contributed by atoms with E-state index in [2.05, 4.69) is 26.2 Å². The van der Waals surface area contributed by atoms with Gasteiger partial charge in [-0.05, 0) is 34.5 Å². The van der Waals surface area contributed by atoms with Crippen LogP contribution in [0.5, 0.6) is 0 Å². The predicted octanol–water partition coefficient (Wildman–Crippen LogP) is 3.49. The third-order valence-corrected chi connectivity index (χ3v) is 4.64. The molecule has 2 rings (SSSR count). The number of imidazole rings is 1. The Morgan fingerprint density at radius 3 is 2.95 bits per heavy atom. The van der Waals surface area contributed by atoms with Gasteiger partial charge in [-0.2, -0.15) is 8.78 Å². The van der Waals surface area contributed by atoms with Crippen LogP contribution in [0.15, 0.2) is 28.3 Å². The van der Waals surface area contributed by atoms with Gasteiger partial charge in [0, 0.05) is 30.9 Å². The molecule has 0 radical (unpaired) electrons. The predicted molar refractivity (Wildman–Crippen MR) is 84.1 cm³/mol. The van der Waals surface area contributed by atoms with E-state index < -0.39 is 6.55 Å². The van der Waals surface area contributed by atoms with Crippen LogP contribution in [-0.2, 0) is 13.0 Å². The van der Waals surface area contributed by atoms with Crippen molar-refractivity contribution in [2.45, 2.75) is 19.5 Å². The van der Waals surface area contributed by atoms with Crippen molar-refractivity contribution in [1.29, 1.82) is 0 Å². The van der Waals surface area contributed by atoms with E-state index >= 15 is 0 Å². The quantitative estimate of drug-likeness (QED) is 0.817. The molecule has 2 amide bonds. The van der Waals surface area contributed by atoms with Crippen LogP contribution in [-0.4, -0.2) is 34.1 Å². The number of urea groups is 1. The zero-order valence-corrected chi connectivity index (χ0v) is 14.2. The third kappa shape index (κ3) is 4.51. The van der Waals surface area contributed by atoms with E-state index in [1.54, 1.807) is 18.4 Å². The molecule has 0 aliphatic heterocycles. The number of carbonyl (C=O) groups excluding carboxylic acids is 1. The van der Waals surface area contributed by atoms with E-state index in [0.717, 1.165) is 19.7 Å². The lowest BCUT2D eigenvalue weighted by atomic mass is 10.3. The van der Waals surface area contributed by atoms with Crippen molar-refractivity contribution in [3.63, 3.8) is 0 Å². The number of aromatic nitrogens is 2. The summed E-state index contributed by atoms with van der Waals surface area (Å²) in [5.41, 5.74) is 0. The molecule has 0 aliphatic rings. The second-order valence-corrected chi connectivity index (χ2v) is 7.12. The molecule has 1 N–H and O–H groups in total. The van der Waals surface area contributed by atoms with Gasteiger partial charge in [0.15, 0.2) is 0 Å². The zero-order chi connectivity index (χ0) is 16.1. The minimum atomic E-state index is -2.66. The standard InChI is InChI=1S/C13H15BrF2N4OS/c1-19(8-11-17-6-7-20(11)12(15)16)13(21)18-5-4-9-2-3-10(14)22-9/h2-3,6-7,12H,4-5,8H2,1H3,(H,18,21). The van der Waals surface area contributed by atoms with Gasteiger partial charge in [0.05, 0.1) is 10.3 Å². The fourth-order valence-electron chi connectivity index (χ4n) is 1.84. The van der Waals surface area contributed by atoms with Gasteiger partial charge in [-0.1, -0.05) is 0 Å². The Labute approximate surface area is 139 Å². The fraction of sp³-hybridized carbons (Fsp3) is 0.385. The Kier molecular flexibility index (Phi) is 5.90. The van der Waals surface area contributed by atoms with Gasteiger partial charge in [-0.15, -0.1) is 11.3 Å². The summed E-state index contributed by atoms with van der Waals surface area (Å²) in [6.07, 6.45) is 3.21. The van der Waals surface area contributed by atoms with Crippen molar-refractivity contribution in [3.05, 3.63) is 39.0 Å². The highest BCUT2D eigenvalue weighted by Crippen LogP contribution is 2.22. The number of thiophene rings is 1. The van der Waals surface area contributed by atoms with Crippen molar-refractivity contribution in [3.8, 4) is 0 Å². The molecule has 2 aromatic heterocycles. The molecular formula is C13H15BrF2N4OS. The summed E-state index contributed by atoms with van der Waals surface area (Å²) in [7, 11) is 1.54. The number of alkyl halides is 2. The molecule has 0 spiro atoms. The topological polar surface area (TPSA) is 50.2 Å². The molecule has 0 bridgehead atoms. The molecule has 120 valence electrons. The molecule has 0 aromatic carbocycles. The highest BCUT2D eigenvalue weighted by molar-refractivity contribution is 9.11. The normalized spacial score (nSPS) is 11.0. The monoisotopic (exact) mass is 392 g/mol. The van der Waals surface area contributed by atoms with Gasteiger partial charge < -0.3 is 10.2 Å². The van der Waals surface area contributed by atoms with E-state index in [9.17, 15) is 13.6 Å². The number of nitrogens with zero attached hydrogens (tertiary/aromatic N) is 3. The molecule has 0 unspecified atom stereocenters. The maximum Gasteiger partial charge on any atom is 0.319 e. The number of rotatable bonds is 6. The molecular weight excluding hydrogens is 378 g/mol. The third-order valence-electron chi connectivity index (χ3n) is 2.96. The summed E-state index contributed by atoms with van der Waals surface area (Å²) in [6, 6.07) is 3.63. The van der Waals surface area contributed by atoms with Crippen LogP contribution < -0.4 is 5.32 Å². The first kappa shape index (κ1) is 16.9. The smallest absolute Gasteiger partial charge is 0.319 e. The van der Waals surface area contributed by atoms with Crippen LogP contribution in [0.25, 0.3) is 0 Å². The number of carbonyl (C=O) groups is 1. The lowest BCUT2D eigenvalue weighted by molar-refractivity contribution is 0.0651. The van der Waals surface area contributed by atoms with Crippen molar-refractivity contribution in [1.82, 2.24) is 19.8 Å². The van der Waals surface area contributed by atoms with E-state index in [4.69, 9.17) is 0 Å². The van der Waals surface area contributed by atoms with Crippen LogP contribution in [0, 0.1) is 0 Å². The lowest BCUT2D eigenvalue weighted by Crippen LogP contribution is -2.38. The van der Waals surface area contributed by atoms with E-state index in [0.29, 0.717) is 6.54 Å². The Morgan fingerprint density at radius 2 is 2.32 bits per heavy atom. The number of amides is 2. The van der Waals surface area contributed by atoms with Crippen LogP contribution in [0.1, 0.15) is 17.3 Å². The van der Waals surface area contributed by atoms with E-state index in [1.807, 2.05) is 12.1 Å². The average Bonchev–Trinajstić information content (AvgIpc) is 3.07. The zero-order valence-electron chi connectivity index (χ0n) is 11.8. The minimum Gasteiger partial charge on any atom is -0.338 e. The maximum atomic E-state index is 12.7. The number of hydrogen-bond donors (Lipinski definition) is 1. The van der Waals surface area contributed by atoms with E-state index in [1.165, 1.54) is 17.3 Å². The molecule has 9 heteroatoms. The number of hydrogen-bond acceptors (Lipinski definition) is 3. The van der Waals surface area contributed by atoms with Crippen molar-refractivity contribution >= 4 is 33.3 Å². The highest BCUT2D eigenvalue weighted by Gasteiger charge is 2.15. The molecule has 0 atom stereocenters. The summed E-state index contributed by atoms with van der Waals surface area (Å²) >= 11 is 4.99. The molecule has 0 fully saturated rings. The summed E-state index contributed by atoms with van der Waals surface area (Å²) in [6.45, 7) is -2.15. The molecule has 22 heavy (non-hydrogen) atoms. The molecule has 5 nitrogen and oxygen atoms in total. The van der Waals surface area contributed by atoms with Crippen LogP contribution in [0.3, 0.4) is 0 Å². The Hall–Kier alpha value is -1.48. The van der Waals surface area contributed by atoms with Gasteiger partial charge in [0.25, 0.3) is 0 Å². The second kappa shape index (κ2) is 7.68. The summed E-state index contributed by atoms with van der Waals surface area (Å²) in [4.78, 5) is 18.3. The van der Waals surface area contributed by atoms with Gasteiger partial charge >= 0.3 is 12.6 Å². The van der Waals surface area contributed by atoms with Gasteiger partial charge in [-0.25, -0.2) is 9.78 Å². The Morgan fingerprint density at radius 1 is 1.55 bits per heavy atom. The summed E-state index contributed by atoms with van der Waals surface area (Å²) < 4.78 is 27.2. The molecule has 0 aliphatic carbocycles. The summed E-state index contributed by atoms with van der Waals surface area (Å²) in [5.74, 6) is 0.148. The first-order valence-electron chi connectivity index (χ1n) is 6.50. The van der Waals surface area contributed by atoms with Gasteiger partial charge in [-0.3, -0.25) is 4.57 Å². The Balaban J connectivity index is 1.80. The molecule has 0 saturated carbocycles. The fourth-order valence-corrected chi connectivity index (χ4v) is 3.32. The average molecular weight is 393 g/mol. The van der Waals surface area contributed by atoms with Crippen LogP contribution in [0.4, 0.5) is 13.6 Å². The van der Waals surface area contributed by atoms with Gasteiger partial charge in [0.2, 0.25) is 0 Å². The largest absolute Gasteiger partial charge is 0.338 e. The first-order valence-corrected chi connectivity index (χ1v) is 8.11. The first-order chi connectivity index (χ1) is 10.5. The van der Waals surface area contributed by atoms with E-state index in [-0.39, 0.29) is 18.4 Å². The minimum absolute atomic E-state index is 0.0216. The van der Waals surface area contributed by atoms with Crippen LogP contribution in [0.2, 0.25) is 0 Å². The van der Waals surface area contributed by atoms with Crippen molar-refractivity contribution in [2.75, 3.05) is 13.6 Å². The molecule has 2 heterocycles. The maximum absolute atomic E-state index is 12.7. The van der Waals surface area contributed by atoms with Gasteiger partial charge in [0.1, 0.15) is 5.82 Å². The SMILES string of the molecule is CN(Cc1nccn1C(F)F)C(=O)NCCc1ccc(Br)s1. The summed E-state index contributed by atoms with van der Waals surface area (Å²) in [5, 5.41) is 2.76. The Bertz CT molecular complexity index is 631. The lowest BCUT2D eigenvalue weighted by Gasteiger charge is -2.18. The number of nitrogens with one attached hydrogen (secondary N) is 1. The highest BCUT2D eigenvalue weighted by atomic mass is 79.9. The van der Waals surface area contributed by atoms with Crippen LogP contribution >= 0.6 is 27.3 Å². The molecule has 0 saturated heterocycles.